The number of hydrogen-bond acceptors (Lipinski definition) is 4. The predicted molar refractivity (Wildman–Crippen MR) is 233 cm³/mol. The molecule has 0 aliphatic carbocycles. The summed E-state index contributed by atoms with van der Waals surface area (Å²) in [6.45, 7) is 2.85. The van der Waals surface area contributed by atoms with Crippen LogP contribution in [-0.2, 0) is 35.3 Å². The molecule has 5 aromatic rings. The van der Waals surface area contributed by atoms with Crippen molar-refractivity contribution in [1.29, 1.82) is 10.8 Å². The Bertz CT molecular complexity index is 1950. The average molecular weight is 775 g/mol. The molecule has 0 saturated carbocycles. The molecular formula is C48H54N8O2. The topological polar surface area (TPSA) is 119 Å². The van der Waals surface area contributed by atoms with Gasteiger partial charge in [0.15, 0.2) is 11.9 Å². The molecule has 298 valence electrons. The van der Waals surface area contributed by atoms with Gasteiger partial charge in [0.2, 0.25) is 11.8 Å². The predicted octanol–water partition coefficient (Wildman–Crippen LogP) is 7.16. The fraction of sp³-hybridized carbons (Fsp3) is 0.292. The summed E-state index contributed by atoms with van der Waals surface area (Å²) < 4.78 is 0. The van der Waals surface area contributed by atoms with Crippen molar-refractivity contribution in [3.05, 3.63) is 168 Å². The van der Waals surface area contributed by atoms with Crippen molar-refractivity contribution in [3.63, 3.8) is 0 Å². The lowest BCUT2D eigenvalue weighted by molar-refractivity contribution is -0.117. The summed E-state index contributed by atoms with van der Waals surface area (Å²) in [6.07, 6.45) is 5.32. The lowest BCUT2D eigenvalue weighted by Gasteiger charge is -2.25. The van der Waals surface area contributed by atoms with Gasteiger partial charge in [0, 0.05) is 37.6 Å². The maximum absolute atomic E-state index is 13.3. The molecular weight excluding hydrogens is 721 g/mol. The fourth-order valence-electron chi connectivity index (χ4n) is 8.15. The van der Waals surface area contributed by atoms with Gasteiger partial charge in [-0.25, -0.2) is 0 Å². The molecule has 2 fully saturated rings. The Labute approximate surface area is 342 Å². The number of amides is 2. The van der Waals surface area contributed by atoms with Gasteiger partial charge in [-0.05, 0) is 85.0 Å². The van der Waals surface area contributed by atoms with Crippen molar-refractivity contribution < 1.29 is 9.59 Å². The van der Waals surface area contributed by atoms with Gasteiger partial charge in [-0.3, -0.25) is 20.4 Å². The molecule has 2 atom stereocenters. The first-order valence-electron chi connectivity index (χ1n) is 20.4. The standard InChI is InChI=1S/C48H54N8O2/c49-47-53(33-43(31-39-19-9-3-10-20-39)55(47)29-13-23-37-15-5-1-6-16-37)35-45(57)51-41-25-27-42(28-26-41)52-46(58)36-54-34-44(32-40-21-11-4-12-22-40)56(48(54)50)30-14-24-38-17-7-2-8-18-38/h1-12,15-22,25-28,43-44,49-50H,13-14,23-24,29-36H2,(H,51,57)(H,52,58)/t43-,44?/m0/s1. The molecule has 2 aliphatic heterocycles. The zero-order valence-corrected chi connectivity index (χ0v) is 33.1. The highest BCUT2D eigenvalue weighted by Gasteiger charge is 2.36. The van der Waals surface area contributed by atoms with E-state index in [0.717, 1.165) is 51.6 Å². The van der Waals surface area contributed by atoms with Crippen molar-refractivity contribution in [2.45, 2.75) is 50.6 Å². The molecule has 0 aromatic heterocycles. The Kier molecular flexibility index (Phi) is 13.5. The van der Waals surface area contributed by atoms with E-state index < -0.39 is 0 Å². The zero-order chi connectivity index (χ0) is 40.1. The highest BCUT2D eigenvalue weighted by atomic mass is 16.2. The molecule has 2 aliphatic rings. The second-order valence-corrected chi connectivity index (χ2v) is 15.3. The number of carbonyl (C=O) groups excluding carboxylic acids is 2. The number of rotatable bonds is 18. The van der Waals surface area contributed by atoms with Crippen LogP contribution in [0.4, 0.5) is 11.4 Å². The van der Waals surface area contributed by atoms with Gasteiger partial charge in [0.25, 0.3) is 0 Å². The van der Waals surface area contributed by atoms with E-state index in [-0.39, 0.29) is 37.0 Å². The highest BCUT2D eigenvalue weighted by molar-refractivity contribution is 5.97. The molecule has 2 amide bonds. The van der Waals surface area contributed by atoms with Crippen LogP contribution in [0.1, 0.15) is 35.1 Å². The van der Waals surface area contributed by atoms with Crippen LogP contribution in [-0.4, -0.2) is 94.7 Å². The van der Waals surface area contributed by atoms with Gasteiger partial charge in [-0.15, -0.1) is 0 Å². The molecule has 10 heteroatoms. The van der Waals surface area contributed by atoms with Crippen LogP contribution in [0, 0.1) is 10.8 Å². The number of carbonyl (C=O) groups is 2. The number of guanidine groups is 2. The summed E-state index contributed by atoms with van der Waals surface area (Å²) in [5.74, 6) is 0.374. The van der Waals surface area contributed by atoms with Crippen LogP contribution >= 0.6 is 0 Å². The second kappa shape index (κ2) is 19.6. The van der Waals surface area contributed by atoms with Crippen molar-refractivity contribution in [1.82, 2.24) is 19.6 Å². The van der Waals surface area contributed by atoms with Gasteiger partial charge in [0.05, 0.1) is 12.1 Å². The number of nitrogens with one attached hydrogen (secondary N) is 4. The number of aryl methyl sites for hydroxylation is 2. The van der Waals surface area contributed by atoms with E-state index in [1.54, 1.807) is 24.3 Å². The minimum Gasteiger partial charge on any atom is -0.338 e. The first-order chi connectivity index (χ1) is 28.4. The van der Waals surface area contributed by atoms with Crippen molar-refractivity contribution in [2.75, 3.05) is 49.9 Å². The first-order valence-corrected chi connectivity index (χ1v) is 20.4. The Morgan fingerprint density at radius 2 is 0.810 bits per heavy atom. The molecule has 1 unspecified atom stereocenters. The van der Waals surface area contributed by atoms with Gasteiger partial charge in [0.1, 0.15) is 13.1 Å². The lowest BCUT2D eigenvalue weighted by Crippen LogP contribution is -2.39. The van der Waals surface area contributed by atoms with Crippen LogP contribution in [0.5, 0.6) is 0 Å². The molecule has 0 spiro atoms. The SMILES string of the molecule is N=C1N(CC(=O)Nc2ccc(NC(=O)CN3C[C@H](Cc4ccccc4)N(CCCc4ccccc4)C3=N)cc2)CC(Cc2ccccc2)N1CCCc1ccccc1. The molecule has 5 aromatic carbocycles. The molecule has 10 nitrogen and oxygen atoms in total. The smallest absolute Gasteiger partial charge is 0.244 e. The fourth-order valence-corrected chi connectivity index (χ4v) is 8.15. The monoisotopic (exact) mass is 774 g/mol. The molecule has 4 N–H and O–H groups in total. The number of benzene rings is 5. The maximum Gasteiger partial charge on any atom is 0.244 e. The summed E-state index contributed by atoms with van der Waals surface area (Å²) >= 11 is 0. The number of hydrogen-bond donors (Lipinski definition) is 4. The third kappa shape index (κ3) is 10.9. The van der Waals surface area contributed by atoms with Gasteiger partial charge in [-0.1, -0.05) is 121 Å². The van der Waals surface area contributed by atoms with E-state index in [1.165, 1.54) is 22.3 Å². The van der Waals surface area contributed by atoms with E-state index in [4.69, 9.17) is 10.8 Å². The minimum atomic E-state index is -0.197. The van der Waals surface area contributed by atoms with Gasteiger partial charge >= 0.3 is 0 Å². The summed E-state index contributed by atoms with van der Waals surface area (Å²) in [4.78, 5) is 34.7. The van der Waals surface area contributed by atoms with Gasteiger partial charge < -0.3 is 30.2 Å². The summed E-state index contributed by atoms with van der Waals surface area (Å²) in [6, 6.07) is 48.8. The highest BCUT2D eigenvalue weighted by Crippen LogP contribution is 2.23. The Morgan fingerprint density at radius 3 is 1.16 bits per heavy atom. The summed E-state index contributed by atoms with van der Waals surface area (Å²) in [7, 11) is 0. The molecule has 2 saturated heterocycles. The Balaban J connectivity index is 0.904. The number of nitrogens with zero attached hydrogens (tertiary/aromatic N) is 4. The average Bonchev–Trinajstić information content (AvgIpc) is 3.68. The normalized spacial score (nSPS) is 16.6. The van der Waals surface area contributed by atoms with E-state index in [2.05, 4.69) is 93.2 Å². The molecule has 58 heavy (non-hydrogen) atoms. The molecule has 2 heterocycles. The lowest BCUT2D eigenvalue weighted by atomic mass is 10.0. The van der Waals surface area contributed by atoms with Crippen LogP contribution < -0.4 is 10.6 Å². The number of anilines is 2. The zero-order valence-electron chi connectivity index (χ0n) is 33.1. The quantitative estimate of drug-likeness (QED) is 0.0751. The Hall–Kier alpha value is -6.42. The Morgan fingerprint density at radius 1 is 0.483 bits per heavy atom. The van der Waals surface area contributed by atoms with Crippen molar-refractivity contribution >= 4 is 35.1 Å². The molecule has 0 bridgehead atoms. The summed E-state index contributed by atoms with van der Waals surface area (Å²) in [5, 5.41) is 24.1. The van der Waals surface area contributed by atoms with Crippen LogP contribution in [0.3, 0.4) is 0 Å². The van der Waals surface area contributed by atoms with Crippen molar-refractivity contribution in [2.24, 2.45) is 0 Å². The largest absolute Gasteiger partial charge is 0.338 e. The maximum atomic E-state index is 13.3. The van der Waals surface area contributed by atoms with Gasteiger partial charge in [-0.2, -0.15) is 0 Å². The van der Waals surface area contributed by atoms with E-state index in [0.29, 0.717) is 36.4 Å². The molecule has 7 rings (SSSR count). The second-order valence-electron chi connectivity index (χ2n) is 15.3. The first kappa shape index (κ1) is 39.8. The minimum absolute atomic E-state index is 0.0775. The van der Waals surface area contributed by atoms with Crippen LogP contribution in [0.15, 0.2) is 146 Å². The third-order valence-corrected chi connectivity index (χ3v) is 11.1. The van der Waals surface area contributed by atoms with E-state index in [9.17, 15) is 9.59 Å². The van der Waals surface area contributed by atoms with Crippen LogP contribution in [0.2, 0.25) is 0 Å². The molecule has 0 radical (unpaired) electrons. The van der Waals surface area contributed by atoms with E-state index in [1.807, 2.05) is 58.3 Å². The van der Waals surface area contributed by atoms with Crippen LogP contribution in [0.25, 0.3) is 0 Å². The summed E-state index contributed by atoms with van der Waals surface area (Å²) in [5.41, 5.74) is 6.23. The van der Waals surface area contributed by atoms with Crippen molar-refractivity contribution in [3.8, 4) is 0 Å². The third-order valence-electron chi connectivity index (χ3n) is 11.1. The van der Waals surface area contributed by atoms with E-state index >= 15 is 0 Å².